The molecule has 0 aliphatic carbocycles. The molecule has 1 aromatic heterocycles. The van der Waals surface area contributed by atoms with Crippen molar-refractivity contribution in [1.82, 2.24) is 9.78 Å². The number of anilines is 1. The summed E-state index contributed by atoms with van der Waals surface area (Å²) in [5, 5.41) is 8.45. The van der Waals surface area contributed by atoms with Crippen LogP contribution in [0.15, 0.2) is 71.5 Å². The van der Waals surface area contributed by atoms with Crippen LogP contribution in [0, 0.1) is 0 Å². The fourth-order valence-electron chi connectivity index (χ4n) is 3.34. The van der Waals surface area contributed by atoms with Gasteiger partial charge >= 0.3 is 0 Å². The Morgan fingerprint density at radius 2 is 1.78 bits per heavy atom. The van der Waals surface area contributed by atoms with Crippen molar-refractivity contribution < 1.29 is 14.3 Å². The number of rotatable bonds is 6. The fourth-order valence-corrected chi connectivity index (χ4v) is 3.51. The van der Waals surface area contributed by atoms with E-state index in [2.05, 4.69) is 10.4 Å². The van der Waals surface area contributed by atoms with Crippen LogP contribution in [0.4, 0.5) is 5.69 Å². The lowest BCUT2D eigenvalue weighted by Crippen LogP contribution is -2.26. The Bertz CT molecular complexity index is 1350. The van der Waals surface area contributed by atoms with Gasteiger partial charge < -0.3 is 14.8 Å². The zero-order chi connectivity index (χ0) is 22.7. The molecular formula is C24H20ClN3O4. The summed E-state index contributed by atoms with van der Waals surface area (Å²) < 4.78 is 12.0. The zero-order valence-electron chi connectivity index (χ0n) is 17.5. The number of nitrogens with zero attached hydrogens (tertiary/aromatic N) is 2. The maximum atomic E-state index is 13.2. The summed E-state index contributed by atoms with van der Waals surface area (Å²) >= 11 is 6.08. The molecule has 4 rings (SSSR count). The Balaban J connectivity index is 1.82. The molecule has 0 aliphatic heterocycles. The highest BCUT2D eigenvalue weighted by Crippen LogP contribution is 2.28. The summed E-state index contributed by atoms with van der Waals surface area (Å²) in [4.78, 5) is 26.4. The Morgan fingerprint density at radius 3 is 2.47 bits per heavy atom. The lowest BCUT2D eigenvalue weighted by molar-refractivity contribution is 0.102. The van der Waals surface area contributed by atoms with E-state index in [9.17, 15) is 9.59 Å². The van der Waals surface area contributed by atoms with E-state index in [0.29, 0.717) is 45.3 Å². The van der Waals surface area contributed by atoms with Crippen LogP contribution in [-0.2, 0) is 0 Å². The highest BCUT2D eigenvalue weighted by molar-refractivity contribution is 6.31. The van der Waals surface area contributed by atoms with Gasteiger partial charge in [-0.15, -0.1) is 0 Å². The van der Waals surface area contributed by atoms with E-state index < -0.39 is 5.91 Å². The number of hydrogen-bond acceptors (Lipinski definition) is 5. The molecule has 0 saturated carbocycles. The van der Waals surface area contributed by atoms with E-state index in [1.165, 1.54) is 11.8 Å². The van der Waals surface area contributed by atoms with Gasteiger partial charge in [-0.2, -0.15) is 9.78 Å². The first-order valence-corrected chi connectivity index (χ1v) is 10.3. The highest BCUT2D eigenvalue weighted by Gasteiger charge is 2.19. The summed E-state index contributed by atoms with van der Waals surface area (Å²) in [7, 11) is 1.50. The topological polar surface area (TPSA) is 82.5 Å². The minimum atomic E-state index is -0.499. The predicted octanol–water partition coefficient (Wildman–Crippen LogP) is 4.70. The number of methoxy groups -OCH3 is 1. The predicted molar refractivity (Wildman–Crippen MR) is 124 cm³/mol. The molecule has 1 N–H and O–H groups in total. The number of benzene rings is 3. The van der Waals surface area contributed by atoms with Crippen LogP contribution in [0.5, 0.6) is 11.5 Å². The molecule has 0 bridgehead atoms. The third kappa shape index (κ3) is 4.15. The lowest BCUT2D eigenvalue weighted by atomic mass is 10.1. The molecule has 0 fully saturated rings. The molecule has 0 atom stereocenters. The van der Waals surface area contributed by atoms with Crippen molar-refractivity contribution >= 4 is 34.0 Å². The van der Waals surface area contributed by atoms with Gasteiger partial charge in [-0.05, 0) is 55.5 Å². The van der Waals surface area contributed by atoms with E-state index in [1.54, 1.807) is 66.7 Å². The monoisotopic (exact) mass is 449 g/mol. The Labute approximate surface area is 189 Å². The number of hydrogen-bond donors (Lipinski definition) is 1. The van der Waals surface area contributed by atoms with E-state index in [0.717, 1.165) is 0 Å². The van der Waals surface area contributed by atoms with Gasteiger partial charge in [0.2, 0.25) is 0 Å². The van der Waals surface area contributed by atoms with Crippen LogP contribution in [0.25, 0.3) is 16.5 Å². The Morgan fingerprint density at radius 1 is 1.06 bits per heavy atom. The van der Waals surface area contributed by atoms with Gasteiger partial charge in [-0.3, -0.25) is 9.59 Å². The van der Waals surface area contributed by atoms with Gasteiger partial charge in [0.05, 0.1) is 30.5 Å². The average molecular weight is 450 g/mol. The van der Waals surface area contributed by atoms with Gasteiger partial charge in [0.25, 0.3) is 11.5 Å². The number of carbonyl (C=O) groups excluding carboxylic acids is 1. The molecule has 7 nitrogen and oxygen atoms in total. The van der Waals surface area contributed by atoms with E-state index in [4.69, 9.17) is 21.1 Å². The van der Waals surface area contributed by atoms with Crippen molar-refractivity contribution in [3.05, 3.63) is 87.8 Å². The van der Waals surface area contributed by atoms with Crippen LogP contribution in [0.1, 0.15) is 17.4 Å². The summed E-state index contributed by atoms with van der Waals surface area (Å²) in [6.07, 6.45) is 0. The Kier molecular flexibility index (Phi) is 6.09. The first-order chi connectivity index (χ1) is 15.5. The minimum absolute atomic E-state index is 0.0936. The fraction of sp³-hybridized carbons (Fsp3) is 0.125. The normalized spacial score (nSPS) is 10.7. The number of fused-ring (bicyclic) bond motifs is 1. The van der Waals surface area contributed by atoms with Gasteiger partial charge in [-0.25, -0.2) is 0 Å². The molecule has 32 heavy (non-hydrogen) atoms. The summed E-state index contributed by atoms with van der Waals surface area (Å²) in [6, 6.07) is 18.7. The average Bonchev–Trinajstić information content (AvgIpc) is 2.80. The van der Waals surface area contributed by atoms with Crippen molar-refractivity contribution in [2.75, 3.05) is 19.0 Å². The van der Waals surface area contributed by atoms with Crippen LogP contribution >= 0.6 is 11.6 Å². The largest absolute Gasteiger partial charge is 0.495 e. The van der Waals surface area contributed by atoms with Crippen molar-refractivity contribution in [3.63, 3.8) is 0 Å². The minimum Gasteiger partial charge on any atom is -0.495 e. The molecule has 0 radical (unpaired) electrons. The first kappa shape index (κ1) is 21.4. The molecule has 0 spiro atoms. The van der Waals surface area contributed by atoms with Crippen LogP contribution in [0.2, 0.25) is 5.02 Å². The molecule has 3 aromatic carbocycles. The molecule has 4 aromatic rings. The lowest BCUT2D eigenvalue weighted by Gasteiger charge is -2.13. The maximum absolute atomic E-state index is 13.2. The number of halogens is 1. The molecule has 162 valence electrons. The van der Waals surface area contributed by atoms with Crippen molar-refractivity contribution in [3.8, 4) is 17.2 Å². The smallest absolute Gasteiger partial charge is 0.279 e. The highest BCUT2D eigenvalue weighted by atomic mass is 35.5. The van der Waals surface area contributed by atoms with Crippen molar-refractivity contribution in [2.45, 2.75) is 6.92 Å². The first-order valence-electron chi connectivity index (χ1n) is 9.92. The zero-order valence-corrected chi connectivity index (χ0v) is 18.2. The number of ether oxygens (including phenoxy) is 2. The molecule has 1 heterocycles. The van der Waals surface area contributed by atoms with Crippen molar-refractivity contribution in [2.24, 2.45) is 0 Å². The summed E-state index contributed by atoms with van der Waals surface area (Å²) in [5.41, 5.74) is 0.672. The standard InChI is InChI=1S/C24H20ClN3O4/c1-3-32-17-11-9-16(10-12-17)28-24(30)19-7-5-4-6-18(19)22(27-28)23(29)26-20-14-15(25)8-13-21(20)31-2/h4-14H,3H2,1-2H3,(H,26,29). The summed E-state index contributed by atoms with van der Waals surface area (Å²) in [6.45, 7) is 2.42. The Hall–Kier alpha value is -3.84. The second-order valence-electron chi connectivity index (χ2n) is 6.84. The van der Waals surface area contributed by atoms with Crippen LogP contribution in [-0.4, -0.2) is 29.4 Å². The van der Waals surface area contributed by atoms with Gasteiger partial charge in [-0.1, -0.05) is 29.8 Å². The third-order valence-electron chi connectivity index (χ3n) is 4.82. The van der Waals surface area contributed by atoms with E-state index in [-0.39, 0.29) is 11.3 Å². The van der Waals surface area contributed by atoms with Crippen LogP contribution < -0.4 is 20.3 Å². The van der Waals surface area contributed by atoms with E-state index >= 15 is 0 Å². The van der Waals surface area contributed by atoms with Gasteiger partial charge in [0, 0.05) is 10.4 Å². The maximum Gasteiger partial charge on any atom is 0.279 e. The number of aromatic nitrogens is 2. The second kappa shape index (κ2) is 9.11. The number of nitrogens with one attached hydrogen (secondary N) is 1. The van der Waals surface area contributed by atoms with Gasteiger partial charge in [0.1, 0.15) is 11.5 Å². The van der Waals surface area contributed by atoms with Crippen LogP contribution in [0.3, 0.4) is 0 Å². The molecule has 0 saturated heterocycles. The second-order valence-corrected chi connectivity index (χ2v) is 7.27. The molecule has 0 aliphatic rings. The molecule has 1 amide bonds. The van der Waals surface area contributed by atoms with Gasteiger partial charge in [0.15, 0.2) is 5.69 Å². The number of carbonyl (C=O) groups is 1. The molecule has 0 unspecified atom stereocenters. The summed E-state index contributed by atoms with van der Waals surface area (Å²) in [5.74, 6) is 0.629. The van der Waals surface area contributed by atoms with Crippen molar-refractivity contribution in [1.29, 1.82) is 0 Å². The number of amides is 1. The van der Waals surface area contributed by atoms with E-state index in [1.807, 2.05) is 6.92 Å². The molecular weight excluding hydrogens is 430 g/mol. The third-order valence-corrected chi connectivity index (χ3v) is 5.06. The quantitative estimate of drug-likeness (QED) is 0.461. The SMILES string of the molecule is CCOc1ccc(-n2nc(C(=O)Nc3cc(Cl)ccc3OC)c3ccccc3c2=O)cc1. The molecule has 8 heteroatoms.